The molecule has 3 rings (SSSR count). The van der Waals surface area contributed by atoms with Crippen LogP contribution in [0.5, 0.6) is 5.75 Å². The van der Waals surface area contributed by atoms with Crippen molar-refractivity contribution in [2.45, 2.75) is 18.9 Å². The highest BCUT2D eigenvalue weighted by atomic mass is 35.5. The summed E-state index contributed by atoms with van der Waals surface area (Å²) in [6.07, 6.45) is -9.24. The Morgan fingerprint density at radius 2 is 1.54 bits per heavy atom. The Balaban J connectivity index is 2.10. The second-order valence-electron chi connectivity index (χ2n) is 8.13. The number of nitrogens with zero attached hydrogens (tertiary/aromatic N) is 1. The molecule has 0 bridgehead atoms. The number of amides is 1. The molecule has 5 nitrogen and oxygen atoms in total. The predicted molar refractivity (Wildman–Crippen MR) is 137 cm³/mol. The van der Waals surface area contributed by atoms with Crippen LogP contribution in [-0.4, -0.2) is 29.9 Å². The number of hydrogen-bond donors (Lipinski definition) is 3. The molecule has 0 unspecified atom stereocenters. The van der Waals surface area contributed by atoms with Gasteiger partial charge in [0.15, 0.2) is 0 Å². The third kappa shape index (κ3) is 7.24. The second kappa shape index (κ2) is 11.6. The van der Waals surface area contributed by atoms with Crippen molar-refractivity contribution >= 4 is 40.5 Å². The maximum atomic E-state index is 13.8. The number of phenolic OH excluding ortho intramolecular Hbond substituents is 1. The highest BCUT2D eigenvalue weighted by molar-refractivity contribution is 6.31. The van der Waals surface area contributed by atoms with Gasteiger partial charge < -0.3 is 20.7 Å². The van der Waals surface area contributed by atoms with Gasteiger partial charge in [0.05, 0.1) is 23.4 Å². The molecule has 0 aliphatic rings. The van der Waals surface area contributed by atoms with Gasteiger partial charge in [0.2, 0.25) is 0 Å². The van der Waals surface area contributed by atoms with Gasteiger partial charge in [-0.2, -0.15) is 26.3 Å². The number of anilines is 1. The van der Waals surface area contributed by atoms with Crippen molar-refractivity contribution in [1.82, 2.24) is 5.32 Å². The molecule has 39 heavy (non-hydrogen) atoms. The summed E-state index contributed by atoms with van der Waals surface area (Å²) in [5, 5.41) is 20.6. The SMILES string of the molecule is CN/C(=C\C(=N)c1ccc(N(Cc2ccc(Cl)cc2)C(=O)c2ccc(Cl)cc2C(F)(F)F)cc1O)C(F)(F)F. The van der Waals surface area contributed by atoms with E-state index in [0.29, 0.717) is 22.7 Å². The zero-order chi connectivity index (χ0) is 29.1. The molecule has 206 valence electrons. The van der Waals surface area contributed by atoms with Gasteiger partial charge >= 0.3 is 12.4 Å². The fraction of sp³-hybridized carbons (Fsp3) is 0.154. The van der Waals surface area contributed by atoms with Crippen LogP contribution in [0.4, 0.5) is 32.0 Å². The van der Waals surface area contributed by atoms with Crippen molar-refractivity contribution in [3.63, 3.8) is 0 Å². The fourth-order valence-electron chi connectivity index (χ4n) is 3.57. The average Bonchev–Trinajstić information content (AvgIpc) is 2.85. The predicted octanol–water partition coefficient (Wildman–Crippen LogP) is 7.60. The van der Waals surface area contributed by atoms with E-state index in [4.69, 9.17) is 28.6 Å². The number of alkyl halides is 6. The third-order valence-corrected chi connectivity index (χ3v) is 5.95. The summed E-state index contributed by atoms with van der Waals surface area (Å²) in [4.78, 5) is 14.5. The van der Waals surface area contributed by atoms with Gasteiger partial charge in [-0.3, -0.25) is 4.79 Å². The summed E-state index contributed by atoms with van der Waals surface area (Å²) in [5.74, 6) is -1.77. The molecule has 13 heteroatoms. The number of hydrogen-bond acceptors (Lipinski definition) is 4. The average molecular weight is 590 g/mol. The van der Waals surface area contributed by atoms with Crippen LogP contribution in [0.25, 0.3) is 0 Å². The molecular formula is C26H19Cl2F6N3O2. The molecular weight excluding hydrogens is 571 g/mol. The molecule has 1 amide bonds. The Labute approximate surface area is 228 Å². The van der Waals surface area contributed by atoms with Gasteiger partial charge in [-0.05, 0) is 54.1 Å². The number of rotatable bonds is 7. The van der Waals surface area contributed by atoms with E-state index in [-0.39, 0.29) is 22.8 Å². The fourth-order valence-corrected chi connectivity index (χ4v) is 3.87. The quantitative estimate of drug-likeness (QED) is 0.196. The smallest absolute Gasteiger partial charge is 0.430 e. The third-order valence-electron chi connectivity index (χ3n) is 5.46. The molecule has 3 N–H and O–H groups in total. The van der Waals surface area contributed by atoms with Crippen LogP contribution in [-0.2, 0) is 12.7 Å². The van der Waals surface area contributed by atoms with Gasteiger partial charge in [-0.15, -0.1) is 0 Å². The number of nitrogens with one attached hydrogen (secondary N) is 2. The highest BCUT2D eigenvalue weighted by Crippen LogP contribution is 2.36. The Bertz CT molecular complexity index is 1420. The van der Waals surface area contributed by atoms with E-state index in [0.717, 1.165) is 36.2 Å². The molecule has 0 atom stereocenters. The van der Waals surface area contributed by atoms with Crippen molar-refractivity contribution in [3.8, 4) is 5.75 Å². The molecule has 0 heterocycles. The molecule has 3 aromatic rings. The molecule has 0 radical (unpaired) electrons. The molecule has 0 aliphatic heterocycles. The molecule has 0 saturated heterocycles. The maximum Gasteiger partial charge on any atom is 0.430 e. The Morgan fingerprint density at radius 1 is 0.949 bits per heavy atom. The van der Waals surface area contributed by atoms with Crippen molar-refractivity contribution in [3.05, 3.63) is 105 Å². The summed E-state index contributed by atoms with van der Waals surface area (Å²) in [6, 6.07) is 12.0. The number of phenols is 1. The number of aromatic hydroxyl groups is 1. The summed E-state index contributed by atoms with van der Waals surface area (Å²) < 4.78 is 80.4. The lowest BCUT2D eigenvalue weighted by atomic mass is 10.0. The lowest BCUT2D eigenvalue weighted by Gasteiger charge is -2.25. The van der Waals surface area contributed by atoms with Crippen LogP contribution < -0.4 is 10.2 Å². The summed E-state index contributed by atoms with van der Waals surface area (Å²) in [6.45, 7) is -0.260. The van der Waals surface area contributed by atoms with E-state index in [1.54, 1.807) is 12.1 Å². The Kier molecular flexibility index (Phi) is 8.87. The molecule has 0 aliphatic carbocycles. The van der Waals surface area contributed by atoms with Crippen LogP contribution in [0.3, 0.4) is 0 Å². The second-order valence-corrected chi connectivity index (χ2v) is 9.00. The summed E-state index contributed by atoms with van der Waals surface area (Å²) in [5.41, 5.74) is -3.85. The van der Waals surface area contributed by atoms with E-state index in [2.05, 4.69) is 0 Å². The lowest BCUT2D eigenvalue weighted by Crippen LogP contribution is -2.32. The van der Waals surface area contributed by atoms with Crippen LogP contribution in [0.15, 0.2) is 72.4 Å². The largest absolute Gasteiger partial charge is 0.507 e. The molecule has 3 aromatic carbocycles. The molecule has 0 fully saturated rings. The van der Waals surface area contributed by atoms with Gasteiger partial charge in [0.1, 0.15) is 11.4 Å². The van der Waals surface area contributed by atoms with Crippen LogP contribution in [0, 0.1) is 5.41 Å². The minimum atomic E-state index is -4.92. The standard InChI is InChI=1S/C26H19Cl2F6N3O2/c1-36-23(26(32,33)34)12-21(35)19-9-7-17(11-22(19)38)37(13-14-2-4-15(27)5-3-14)24(39)18-8-6-16(28)10-20(18)25(29,30)31/h2-12,35-36,38H,13H2,1H3/b23-12-,35-21?. The van der Waals surface area contributed by atoms with Gasteiger partial charge in [-0.25, -0.2) is 0 Å². The Morgan fingerprint density at radius 3 is 2.08 bits per heavy atom. The van der Waals surface area contributed by atoms with E-state index in [9.17, 15) is 36.2 Å². The van der Waals surface area contributed by atoms with Crippen LogP contribution in [0.2, 0.25) is 10.0 Å². The van der Waals surface area contributed by atoms with E-state index in [1.807, 2.05) is 5.32 Å². The molecule has 0 saturated carbocycles. The normalized spacial score (nSPS) is 12.3. The van der Waals surface area contributed by atoms with Crippen molar-refractivity contribution < 1.29 is 36.2 Å². The first-order valence-electron chi connectivity index (χ1n) is 10.9. The lowest BCUT2D eigenvalue weighted by molar-refractivity contribution is -0.137. The summed E-state index contributed by atoms with van der Waals surface area (Å²) >= 11 is 11.6. The number of allylic oxidation sites excluding steroid dienone is 2. The molecule has 0 spiro atoms. The highest BCUT2D eigenvalue weighted by Gasteiger charge is 2.37. The number of halogens is 8. The van der Waals surface area contributed by atoms with Crippen molar-refractivity contribution in [2.24, 2.45) is 0 Å². The number of benzene rings is 3. The minimum absolute atomic E-state index is 0.0827. The van der Waals surface area contributed by atoms with Gasteiger partial charge in [-0.1, -0.05) is 35.3 Å². The van der Waals surface area contributed by atoms with Crippen LogP contribution in [0.1, 0.15) is 27.0 Å². The zero-order valence-corrected chi connectivity index (χ0v) is 21.4. The number of carbonyl (C=O) groups is 1. The molecule has 0 aromatic heterocycles. The first kappa shape index (κ1) is 29.9. The summed E-state index contributed by atoms with van der Waals surface area (Å²) in [7, 11) is 1.02. The zero-order valence-electron chi connectivity index (χ0n) is 19.9. The van der Waals surface area contributed by atoms with Crippen LogP contribution >= 0.6 is 23.2 Å². The monoisotopic (exact) mass is 589 g/mol. The minimum Gasteiger partial charge on any atom is -0.507 e. The van der Waals surface area contributed by atoms with E-state index in [1.165, 1.54) is 18.2 Å². The maximum absolute atomic E-state index is 13.8. The van der Waals surface area contributed by atoms with Gasteiger partial charge in [0, 0.05) is 34.4 Å². The van der Waals surface area contributed by atoms with Gasteiger partial charge in [0.25, 0.3) is 5.91 Å². The topological polar surface area (TPSA) is 76.4 Å². The first-order chi connectivity index (χ1) is 18.1. The number of carbonyl (C=O) groups excluding carboxylic acids is 1. The van der Waals surface area contributed by atoms with Crippen molar-refractivity contribution in [1.29, 1.82) is 5.41 Å². The first-order valence-corrected chi connectivity index (χ1v) is 11.7. The van der Waals surface area contributed by atoms with E-state index < -0.39 is 46.5 Å². The van der Waals surface area contributed by atoms with E-state index >= 15 is 0 Å². The Hall–Kier alpha value is -3.70. The van der Waals surface area contributed by atoms with Crippen molar-refractivity contribution in [2.75, 3.05) is 11.9 Å².